The third-order valence-corrected chi connectivity index (χ3v) is 3.40. The van der Waals surface area contributed by atoms with E-state index in [0.717, 1.165) is 9.33 Å². The van der Waals surface area contributed by atoms with Crippen molar-refractivity contribution in [2.75, 3.05) is 6.61 Å². The number of amides is 1. The van der Waals surface area contributed by atoms with Gasteiger partial charge in [-0.2, -0.15) is 5.10 Å². The second-order valence-electron chi connectivity index (χ2n) is 4.47. The quantitative estimate of drug-likeness (QED) is 0.479. The Morgan fingerprint density at radius 1 is 1.33 bits per heavy atom. The topological polar surface area (TPSA) is 63.8 Å². The molecule has 6 heteroatoms. The molecule has 0 radical (unpaired) electrons. The maximum absolute atomic E-state index is 11.6. The molecule has 0 aliphatic heterocycles. The van der Waals surface area contributed by atoms with Crippen LogP contribution in [0, 0.1) is 17.6 Å². The van der Waals surface area contributed by atoms with Crippen LogP contribution >= 0.6 is 22.6 Å². The summed E-state index contributed by atoms with van der Waals surface area (Å²) in [5.41, 5.74) is 4.69. The number of aryl methyl sites for hydroxylation is 2. The van der Waals surface area contributed by atoms with E-state index in [-0.39, 0.29) is 12.5 Å². The lowest BCUT2D eigenvalue weighted by atomic mass is 10.1. The maximum Gasteiger partial charge on any atom is 0.277 e. The fraction of sp³-hybridized carbons (Fsp3) is 0.200. The molecule has 0 fully saturated rings. The zero-order valence-corrected chi connectivity index (χ0v) is 13.9. The molecular weight excluding hydrogens is 383 g/mol. The van der Waals surface area contributed by atoms with E-state index in [1.807, 2.05) is 38.1 Å². The van der Waals surface area contributed by atoms with Crippen molar-refractivity contribution < 1.29 is 13.9 Å². The van der Waals surface area contributed by atoms with Gasteiger partial charge in [-0.05, 0) is 71.8 Å². The van der Waals surface area contributed by atoms with Crippen molar-refractivity contribution in [2.45, 2.75) is 13.8 Å². The summed E-state index contributed by atoms with van der Waals surface area (Å²) in [6.07, 6.45) is 1.44. The Kier molecular flexibility index (Phi) is 5.38. The molecule has 0 aliphatic rings. The van der Waals surface area contributed by atoms with Crippen molar-refractivity contribution in [3.63, 3.8) is 0 Å². The summed E-state index contributed by atoms with van der Waals surface area (Å²) in [6, 6.07) is 9.27. The lowest BCUT2D eigenvalue weighted by Crippen LogP contribution is -2.24. The van der Waals surface area contributed by atoms with Crippen molar-refractivity contribution in [1.29, 1.82) is 0 Å². The predicted octanol–water partition coefficient (Wildman–Crippen LogP) is 3.03. The molecule has 0 atom stereocenters. The Morgan fingerprint density at radius 2 is 2.14 bits per heavy atom. The van der Waals surface area contributed by atoms with E-state index in [9.17, 15) is 4.79 Å². The van der Waals surface area contributed by atoms with Gasteiger partial charge < -0.3 is 9.15 Å². The van der Waals surface area contributed by atoms with Crippen LogP contribution < -0.4 is 10.2 Å². The molecule has 110 valence electrons. The minimum atomic E-state index is -0.328. The number of hydrogen-bond donors (Lipinski definition) is 1. The van der Waals surface area contributed by atoms with Gasteiger partial charge in [0.1, 0.15) is 11.5 Å². The molecule has 1 N–H and O–H groups in total. The number of halogens is 1. The van der Waals surface area contributed by atoms with Crippen LogP contribution in [0.15, 0.2) is 39.9 Å². The van der Waals surface area contributed by atoms with E-state index in [1.54, 1.807) is 6.07 Å². The lowest BCUT2D eigenvalue weighted by molar-refractivity contribution is -0.123. The van der Waals surface area contributed by atoms with Gasteiger partial charge in [0.05, 0.1) is 6.21 Å². The number of nitrogens with zero attached hydrogens (tertiary/aromatic N) is 1. The number of furan rings is 1. The summed E-state index contributed by atoms with van der Waals surface area (Å²) in [4.78, 5) is 11.6. The molecule has 0 unspecified atom stereocenters. The van der Waals surface area contributed by atoms with E-state index in [0.29, 0.717) is 11.5 Å². The number of ether oxygens (including phenoxy) is 1. The molecular formula is C15H15IN2O3. The maximum atomic E-state index is 11.6. The van der Waals surface area contributed by atoms with Crippen molar-refractivity contribution in [3.05, 3.63) is 51.0 Å². The molecule has 21 heavy (non-hydrogen) atoms. The zero-order chi connectivity index (χ0) is 15.2. The minimum Gasteiger partial charge on any atom is -0.484 e. The monoisotopic (exact) mass is 398 g/mol. The van der Waals surface area contributed by atoms with E-state index in [1.165, 1.54) is 11.8 Å². The number of carbonyl (C=O) groups excluding carboxylic acids is 1. The highest BCUT2D eigenvalue weighted by Crippen LogP contribution is 2.16. The van der Waals surface area contributed by atoms with E-state index in [4.69, 9.17) is 9.15 Å². The molecule has 2 aromatic rings. The van der Waals surface area contributed by atoms with E-state index >= 15 is 0 Å². The molecule has 1 aromatic heterocycles. The van der Waals surface area contributed by atoms with Crippen LogP contribution in [0.5, 0.6) is 5.75 Å². The van der Waals surface area contributed by atoms with Crippen LogP contribution in [0.2, 0.25) is 0 Å². The average molecular weight is 398 g/mol. The van der Waals surface area contributed by atoms with Gasteiger partial charge in [0.15, 0.2) is 10.4 Å². The number of hydrogen-bond acceptors (Lipinski definition) is 4. The fourth-order valence-electron chi connectivity index (χ4n) is 1.55. The first-order valence-electron chi connectivity index (χ1n) is 6.32. The Balaban J connectivity index is 1.79. The molecule has 0 bridgehead atoms. The highest BCUT2D eigenvalue weighted by Gasteiger charge is 2.03. The number of nitrogens with one attached hydrogen (secondary N) is 1. The van der Waals surface area contributed by atoms with Crippen LogP contribution in [-0.4, -0.2) is 18.7 Å². The van der Waals surface area contributed by atoms with Gasteiger partial charge in [-0.15, -0.1) is 0 Å². The van der Waals surface area contributed by atoms with Crippen LogP contribution in [0.1, 0.15) is 16.9 Å². The van der Waals surface area contributed by atoms with E-state index in [2.05, 4.69) is 33.1 Å². The predicted molar refractivity (Wildman–Crippen MR) is 88.6 cm³/mol. The first-order valence-corrected chi connectivity index (χ1v) is 7.40. The van der Waals surface area contributed by atoms with Gasteiger partial charge in [-0.3, -0.25) is 4.79 Å². The van der Waals surface area contributed by atoms with Gasteiger partial charge in [-0.1, -0.05) is 6.07 Å². The summed E-state index contributed by atoms with van der Waals surface area (Å²) in [5, 5.41) is 3.80. The first-order chi connectivity index (χ1) is 10.0. The second kappa shape index (κ2) is 7.26. The summed E-state index contributed by atoms with van der Waals surface area (Å²) in [7, 11) is 0. The largest absolute Gasteiger partial charge is 0.484 e. The molecule has 0 saturated heterocycles. The molecule has 1 heterocycles. The van der Waals surface area contributed by atoms with Crippen molar-refractivity contribution in [1.82, 2.24) is 5.43 Å². The smallest absolute Gasteiger partial charge is 0.277 e. The van der Waals surface area contributed by atoms with Gasteiger partial charge in [0.2, 0.25) is 0 Å². The standard InChI is InChI=1S/C15H15IN2O3/c1-10-3-4-12(7-11(10)2)20-9-15(19)18-17-8-13-5-6-14(16)21-13/h3-8H,9H2,1-2H3,(H,18,19). The number of hydrazone groups is 1. The van der Waals surface area contributed by atoms with Gasteiger partial charge in [-0.25, -0.2) is 5.43 Å². The zero-order valence-electron chi connectivity index (χ0n) is 11.7. The van der Waals surface area contributed by atoms with Crippen molar-refractivity contribution in [3.8, 4) is 5.75 Å². The summed E-state index contributed by atoms with van der Waals surface area (Å²) in [6.45, 7) is 3.93. The molecule has 1 aromatic carbocycles. The normalized spacial score (nSPS) is 10.8. The van der Waals surface area contributed by atoms with Crippen LogP contribution in [-0.2, 0) is 4.79 Å². The minimum absolute atomic E-state index is 0.0878. The van der Waals surface area contributed by atoms with Gasteiger partial charge >= 0.3 is 0 Å². The molecule has 0 aliphatic carbocycles. The fourth-order valence-corrected chi connectivity index (χ4v) is 1.98. The molecule has 0 spiro atoms. The van der Waals surface area contributed by atoms with Crippen LogP contribution in [0.3, 0.4) is 0 Å². The SMILES string of the molecule is Cc1ccc(OCC(=O)NN=Cc2ccc(I)o2)cc1C. The highest BCUT2D eigenvalue weighted by molar-refractivity contribution is 14.1. The Hall–Kier alpha value is -1.83. The summed E-state index contributed by atoms with van der Waals surface area (Å²) in [5.74, 6) is 0.915. The Morgan fingerprint density at radius 3 is 2.81 bits per heavy atom. The molecule has 2 rings (SSSR count). The molecule has 1 amide bonds. The first kappa shape index (κ1) is 15.6. The van der Waals surface area contributed by atoms with Crippen molar-refractivity contribution >= 4 is 34.7 Å². The highest BCUT2D eigenvalue weighted by atomic mass is 127. The van der Waals surface area contributed by atoms with Crippen molar-refractivity contribution in [2.24, 2.45) is 5.10 Å². The number of rotatable bonds is 5. The van der Waals surface area contributed by atoms with Crippen LogP contribution in [0.4, 0.5) is 0 Å². The molecule has 0 saturated carbocycles. The third kappa shape index (κ3) is 4.89. The number of benzene rings is 1. The third-order valence-electron chi connectivity index (χ3n) is 2.82. The Labute approximate surface area is 136 Å². The summed E-state index contributed by atoms with van der Waals surface area (Å²) >= 11 is 2.05. The van der Waals surface area contributed by atoms with Gasteiger partial charge in [0, 0.05) is 0 Å². The Bertz CT molecular complexity index is 665. The number of carbonyl (C=O) groups is 1. The van der Waals surface area contributed by atoms with E-state index < -0.39 is 0 Å². The lowest BCUT2D eigenvalue weighted by Gasteiger charge is -2.07. The average Bonchev–Trinajstić information content (AvgIpc) is 2.86. The second-order valence-corrected chi connectivity index (χ2v) is 5.53. The van der Waals surface area contributed by atoms with Gasteiger partial charge in [0.25, 0.3) is 5.91 Å². The molecule has 5 nitrogen and oxygen atoms in total. The van der Waals surface area contributed by atoms with Crippen LogP contribution in [0.25, 0.3) is 0 Å². The summed E-state index contributed by atoms with van der Waals surface area (Å²) < 4.78 is 11.4.